The van der Waals surface area contributed by atoms with Crippen LogP contribution in [-0.2, 0) is 0 Å². The Bertz CT molecular complexity index is 3600. The summed E-state index contributed by atoms with van der Waals surface area (Å²) in [6.07, 6.45) is 16.7. The molecule has 0 aliphatic rings. The molecule has 476 valence electrons. The maximum atomic E-state index is 4.28. The number of hydrogen-bond acceptors (Lipinski definition) is 7. The third-order valence-electron chi connectivity index (χ3n) is 12.9. The fraction of sp³-hybridized carbons (Fsp3) is 0.250. The second-order valence-electron chi connectivity index (χ2n) is 18.7. The van der Waals surface area contributed by atoms with E-state index in [1.165, 1.54) is 87.2 Å². The number of aryl methyl sites for hydroxylation is 7. The van der Waals surface area contributed by atoms with E-state index in [-0.39, 0.29) is 0 Å². The Morgan fingerprint density at radius 3 is 1.23 bits per heavy atom. The normalized spacial score (nSPS) is 9.15. The van der Waals surface area contributed by atoms with Crippen LogP contribution >= 0.6 is 0 Å². The molecule has 0 N–H and O–H groups in total. The van der Waals surface area contributed by atoms with Crippen LogP contribution in [-0.4, -0.2) is 34.9 Å². The zero-order valence-corrected chi connectivity index (χ0v) is 58.9. The summed E-state index contributed by atoms with van der Waals surface area (Å²) < 4.78 is 0. The summed E-state index contributed by atoms with van der Waals surface area (Å²) in [7, 11) is 0. The lowest BCUT2D eigenvalue weighted by Crippen LogP contribution is -1.80. The number of nitrogens with zero attached hydrogens (tertiary/aromatic N) is 7. The van der Waals surface area contributed by atoms with Crippen molar-refractivity contribution in [2.24, 2.45) is 0 Å². The van der Waals surface area contributed by atoms with Crippen LogP contribution in [0.2, 0.25) is 0 Å². The minimum atomic E-state index is 1.07. The summed E-state index contributed by atoms with van der Waals surface area (Å²) in [6.45, 7) is 42.6. The highest BCUT2D eigenvalue weighted by Gasteiger charge is 1.98. The maximum Gasteiger partial charge on any atom is 0.0704 e. The van der Waals surface area contributed by atoms with Crippen LogP contribution in [0.3, 0.4) is 0 Å². The minimum absolute atomic E-state index is 1.07. The van der Waals surface area contributed by atoms with E-state index in [0.717, 1.165) is 27.8 Å². The first-order valence-corrected chi connectivity index (χ1v) is 32.7. The van der Waals surface area contributed by atoms with Gasteiger partial charge in [0.25, 0.3) is 0 Å². The second kappa shape index (κ2) is 48.3. The van der Waals surface area contributed by atoms with Gasteiger partial charge < -0.3 is 0 Å². The number of pyridine rings is 7. The van der Waals surface area contributed by atoms with Crippen molar-refractivity contribution in [1.29, 1.82) is 0 Å². The molecule has 14 rings (SSSR count). The number of fused-ring (bicyclic) bond motifs is 7. The van der Waals surface area contributed by atoms with Gasteiger partial charge in [0.1, 0.15) is 0 Å². The molecule has 7 nitrogen and oxygen atoms in total. The lowest BCUT2D eigenvalue weighted by atomic mass is 10.1. The molecule has 0 amide bonds. The van der Waals surface area contributed by atoms with Crippen LogP contribution in [0.5, 0.6) is 0 Å². The first-order chi connectivity index (χ1) is 44.6. The molecule has 14 aromatic rings. The van der Waals surface area contributed by atoms with Crippen molar-refractivity contribution in [2.45, 2.75) is 145 Å². The average molecular weight is 1210 g/mol. The number of rotatable bonds is 0. The van der Waals surface area contributed by atoms with E-state index in [1.54, 1.807) is 0 Å². The highest BCUT2D eigenvalue weighted by Crippen LogP contribution is 2.19. The molecule has 7 heterocycles. The van der Waals surface area contributed by atoms with Gasteiger partial charge in [-0.05, 0) is 159 Å². The molecule has 0 aliphatic heterocycles. The van der Waals surface area contributed by atoms with Gasteiger partial charge in [0, 0.05) is 99.2 Å². The minimum Gasteiger partial charge on any atom is -0.264 e. The molecule has 0 unspecified atom stereocenters. The van der Waals surface area contributed by atoms with Gasteiger partial charge in [-0.3, -0.25) is 34.9 Å². The largest absolute Gasteiger partial charge is 0.264 e. The maximum absolute atomic E-state index is 4.28. The van der Waals surface area contributed by atoms with Crippen LogP contribution in [0.4, 0.5) is 0 Å². The predicted molar refractivity (Wildman–Crippen MR) is 405 cm³/mol. The molecule has 0 saturated carbocycles. The highest BCUT2D eigenvalue weighted by atomic mass is 14.7. The van der Waals surface area contributed by atoms with Gasteiger partial charge in [-0.1, -0.05) is 236 Å². The van der Waals surface area contributed by atoms with Gasteiger partial charge in [0.2, 0.25) is 0 Å². The van der Waals surface area contributed by atoms with Gasteiger partial charge >= 0.3 is 0 Å². The van der Waals surface area contributed by atoms with E-state index in [4.69, 9.17) is 0 Å². The van der Waals surface area contributed by atoms with Crippen molar-refractivity contribution < 1.29 is 0 Å². The van der Waals surface area contributed by atoms with Crippen molar-refractivity contribution in [3.63, 3.8) is 0 Å². The van der Waals surface area contributed by atoms with Gasteiger partial charge in [0.15, 0.2) is 0 Å². The van der Waals surface area contributed by atoms with Gasteiger partial charge in [-0.15, -0.1) is 0 Å². The standard InChI is InChI=1S/7C10H9N.7C2H6/c1-8-4-2-6-10-9(8)5-3-7-11-10;1-8-4-5-10-9(7-8)3-2-6-11-10;1-8-3-2-4-9-7-11-6-5-10(8)9;1-8-6-11-7-9-4-2-3-5-10(8)9;1-8-6-9-4-2-3-5-10(9)11-7-8;1-8-10-5-3-2-4-9(10)6-7-11-8;1-8-6-7-11-10-5-3-2-4-9(8)10;7*1-2/h7*2-7H,1H3;7*1-2H3. The topological polar surface area (TPSA) is 90.2 Å². The summed E-state index contributed by atoms with van der Waals surface area (Å²) in [6, 6.07) is 67.9. The number of para-hydroxylation sites is 2. The lowest BCUT2D eigenvalue weighted by Gasteiger charge is -1.98. The summed E-state index contributed by atoms with van der Waals surface area (Å²) in [5.74, 6) is 0. The Kier molecular flexibility index (Phi) is 42.2. The first kappa shape index (κ1) is 79.4. The van der Waals surface area contributed by atoms with Crippen LogP contribution < -0.4 is 0 Å². The molecule has 7 aromatic heterocycles. The third-order valence-corrected chi connectivity index (χ3v) is 12.9. The van der Waals surface area contributed by atoms with Crippen molar-refractivity contribution in [3.8, 4) is 0 Å². The summed E-state index contributed by atoms with van der Waals surface area (Å²) in [4.78, 5) is 29.4. The Morgan fingerprint density at radius 1 is 0.209 bits per heavy atom. The Labute approximate surface area is 548 Å². The number of benzene rings is 7. The van der Waals surface area contributed by atoms with Crippen molar-refractivity contribution in [1.82, 2.24) is 34.9 Å². The lowest BCUT2D eigenvalue weighted by molar-refractivity contribution is 1.24. The van der Waals surface area contributed by atoms with Crippen molar-refractivity contribution >= 4 is 75.9 Å². The van der Waals surface area contributed by atoms with Crippen molar-refractivity contribution in [3.05, 3.63) is 295 Å². The van der Waals surface area contributed by atoms with E-state index in [2.05, 4.69) is 173 Å². The molecule has 0 fully saturated rings. The summed E-state index contributed by atoms with van der Waals surface area (Å²) in [5.41, 5.74) is 13.0. The molecule has 91 heavy (non-hydrogen) atoms. The van der Waals surface area contributed by atoms with Gasteiger partial charge in [-0.25, -0.2) is 0 Å². The third kappa shape index (κ3) is 27.0. The van der Waals surface area contributed by atoms with E-state index in [1.807, 2.05) is 263 Å². The zero-order valence-electron chi connectivity index (χ0n) is 58.9. The zero-order chi connectivity index (χ0) is 67.8. The molecule has 0 spiro atoms. The van der Waals surface area contributed by atoms with E-state index >= 15 is 0 Å². The van der Waals surface area contributed by atoms with Gasteiger partial charge in [-0.2, -0.15) is 0 Å². The van der Waals surface area contributed by atoms with Crippen LogP contribution in [0.15, 0.2) is 256 Å². The van der Waals surface area contributed by atoms with Crippen molar-refractivity contribution in [2.75, 3.05) is 0 Å². The van der Waals surface area contributed by atoms with E-state index in [0.29, 0.717) is 0 Å². The molecule has 0 radical (unpaired) electrons. The van der Waals surface area contributed by atoms with Gasteiger partial charge in [0.05, 0.1) is 22.1 Å². The molecule has 7 aromatic carbocycles. The average Bonchev–Trinajstić information content (AvgIpc) is 2.51. The quantitative estimate of drug-likeness (QED) is 0.149. The van der Waals surface area contributed by atoms with E-state index in [9.17, 15) is 0 Å². The summed E-state index contributed by atoms with van der Waals surface area (Å²) in [5, 5.41) is 12.4. The van der Waals surface area contributed by atoms with Crippen LogP contribution in [0.1, 0.15) is 136 Å². The molecule has 0 saturated heterocycles. The molecule has 0 aliphatic carbocycles. The Hall–Kier alpha value is -9.59. The number of aromatic nitrogens is 7. The molecular formula is C84H105N7. The molecule has 0 atom stereocenters. The fourth-order valence-corrected chi connectivity index (χ4v) is 8.69. The number of hydrogen-bond donors (Lipinski definition) is 0. The summed E-state index contributed by atoms with van der Waals surface area (Å²) >= 11 is 0. The highest BCUT2D eigenvalue weighted by molar-refractivity contribution is 5.87. The van der Waals surface area contributed by atoms with Crippen LogP contribution in [0, 0.1) is 48.5 Å². The molecule has 7 heteroatoms. The Balaban J connectivity index is 0.000000514. The second-order valence-corrected chi connectivity index (χ2v) is 18.7. The SMILES string of the molecule is CC.CC.CC.CC.CC.CC.CC.Cc1ccc2ncccc2c1.Cc1cccc2cnccc12.Cc1cccc2ncccc12.Cc1ccnc2ccccc12.Cc1cnc2ccccc2c1.Cc1cncc2ccccc12.Cc1nccc2ccccc12. The van der Waals surface area contributed by atoms with E-state index < -0.39 is 0 Å². The fourth-order valence-electron chi connectivity index (χ4n) is 8.69. The predicted octanol–water partition coefficient (Wildman–Crippen LogP) is 25.0. The van der Waals surface area contributed by atoms with Crippen LogP contribution in [0.25, 0.3) is 75.9 Å². The molecule has 0 bridgehead atoms. The molecular weight excluding hydrogens is 1110 g/mol. The smallest absolute Gasteiger partial charge is 0.0704 e. The first-order valence-electron chi connectivity index (χ1n) is 32.7. The Morgan fingerprint density at radius 2 is 0.615 bits per heavy atom. The monoisotopic (exact) mass is 1210 g/mol.